The molecule has 0 saturated carbocycles. The first-order valence-corrected chi connectivity index (χ1v) is 12.0. The average molecular weight is 476 g/mol. The minimum atomic E-state index is 0.522. The van der Waals surface area contributed by atoms with Crippen molar-refractivity contribution in [3.63, 3.8) is 0 Å². The van der Waals surface area contributed by atoms with Crippen molar-refractivity contribution in [1.29, 1.82) is 0 Å². The highest BCUT2D eigenvalue weighted by Crippen LogP contribution is 2.27. The zero-order valence-corrected chi connectivity index (χ0v) is 20.8. The maximum atomic E-state index is 6.43. The van der Waals surface area contributed by atoms with E-state index < -0.39 is 0 Å². The summed E-state index contributed by atoms with van der Waals surface area (Å²) in [4.78, 5) is 4.68. The summed E-state index contributed by atoms with van der Waals surface area (Å²) in [5.74, 6) is 1.24. The molecule has 0 atom stereocenters. The van der Waals surface area contributed by atoms with Gasteiger partial charge in [0, 0.05) is 38.8 Å². The molecule has 1 saturated heterocycles. The van der Waals surface area contributed by atoms with Crippen LogP contribution in [-0.2, 0) is 11.3 Å². The van der Waals surface area contributed by atoms with Gasteiger partial charge >= 0.3 is 0 Å². The molecule has 0 aliphatic carbocycles. The molecule has 1 N–H and O–H groups in total. The molecule has 0 bridgehead atoms. The van der Waals surface area contributed by atoms with Crippen LogP contribution in [0.5, 0.6) is 5.75 Å². The maximum absolute atomic E-state index is 6.43. The number of thiocarbonyl (C=S) groups is 1. The molecule has 32 heavy (non-hydrogen) atoms. The Balaban J connectivity index is 1.67. The fourth-order valence-electron chi connectivity index (χ4n) is 3.71. The number of benzene rings is 2. The molecule has 174 valence electrons. The zero-order valence-electron chi connectivity index (χ0n) is 19.3. The van der Waals surface area contributed by atoms with Crippen LogP contribution in [0.1, 0.15) is 37.3 Å². The van der Waals surface area contributed by atoms with E-state index in [0.717, 1.165) is 63.8 Å². The highest BCUT2D eigenvalue weighted by atomic mass is 35.5. The van der Waals surface area contributed by atoms with Gasteiger partial charge in [0.1, 0.15) is 5.75 Å². The number of halogens is 1. The topological polar surface area (TPSA) is 37.0 Å². The third-order valence-electron chi connectivity index (χ3n) is 5.73. The molecule has 2 aromatic carbocycles. The predicted molar refractivity (Wildman–Crippen MR) is 137 cm³/mol. The van der Waals surface area contributed by atoms with Gasteiger partial charge in [0.2, 0.25) is 0 Å². The summed E-state index contributed by atoms with van der Waals surface area (Å²) in [6, 6.07) is 14.4. The summed E-state index contributed by atoms with van der Waals surface area (Å²) >= 11 is 12.2. The molecular formula is C25H34ClN3O2S. The zero-order chi connectivity index (χ0) is 22.9. The second-order valence-electron chi connectivity index (χ2n) is 8.40. The lowest BCUT2D eigenvalue weighted by molar-refractivity contribution is 0.0368. The van der Waals surface area contributed by atoms with E-state index in [1.165, 1.54) is 11.1 Å². The summed E-state index contributed by atoms with van der Waals surface area (Å²) in [5.41, 5.74) is 3.37. The molecule has 3 rings (SSSR count). The number of methoxy groups -OCH3 is 1. The van der Waals surface area contributed by atoms with E-state index in [9.17, 15) is 0 Å². The molecule has 2 aromatic rings. The lowest BCUT2D eigenvalue weighted by Gasteiger charge is -2.30. The SMILES string of the molecule is COc1ccc(NC(=S)N(CCCN2CCOCC2)Cc2ccc(C(C)C)cc2)c(Cl)c1. The Hall–Kier alpha value is -1.86. The Morgan fingerprint density at radius 1 is 1.19 bits per heavy atom. The smallest absolute Gasteiger partial charge is 0.173 e. The van der Waals surface area contributed by atoms with Crippen molar-refractivity contribution in [2.24, 2.45) is 0 Å². The van der Waals surface area contributed by atoms with Crippen molar-refractivity contribution >= 4 is 34.6 Å². The van der Waals surface area contributed by atoms with Crippen molar-refractivity contribution < 1.29 is 9.47 Å². The predicted octanol–water partition coefficient (Wildman–Crippen LogP) is 5.39. The van der Waals surface area contributed by atoms with E-state index in [2.05, 4.69) is 53.2 Å². The first-order chi connectivity index (χ1) is 15.5. The van der Waals surface area contributed by atoms with Crippen molar-refractivity contribution in [1.82, 2.24) is 9.80 Å². The van der Waals surface area contributed by atoms with Crippen LogP contribution in [-0.4, -0.2) is 61.4 Å². The number of rotatable bonds is 9. The van der Waals surface area contributed by atoms with Gasteiger partial charge in [0.15, 0.2) is 5.11 Å². The van der Waals surface area contributed by atoms with Gasteiger partial charge in [0.25, 0.3) is 0 Å². The van der Waals surface area contributed by atoms with E-state index in [4.69, 9.17) is 33.3 Å². The number of nitrogens with one attached hydrogen (secondary N) is 1. The third-order valence-corrected chi connectivity index (χ3v) is 6.40. The average Bonchev–Trinajstić information content (AvgIpc) is 2.80. The number of anilines is 1. The van der Waals surface area contributed by atoms with E-state index in [1.807, 2.05) is 12.1 Å². The highest BCUT2D eigenvalue weighted by Gasteiger charge is 2.15. The van der Waals surface area contributed by atoms with E-state index >= 15 is 0 Å². The van der Waals surface area contributed by atoms with Crippen molar-refractivity contribution in [2.75, 3.05) is 51.8 Å². The quantitative estimate of drug-likeness (QED) is 0.490. The van der Waals surface area contributed by atoms with Crippen LogP contribution in [0, 0.1) is 0 Å². The summed E-state index contributed by atoms with van der Waals surface area (Å²) in [5, 5.41) is 4.59. The van der Waals surface area contributed by atoms with Crippen LogP contribution in [0.3, 0.4) is 0 Å². The first-order valence-electron chi connectivity index (χ1n) is 11.2. The summed E-state index contributed by atoms with van der Waals surface area (Å²) in [7, 11) is 1.63. The van der Waals surface area contributed by atoms with Crippen molar-refractivity contribution in [3.8, 4) is 5.75 Å². The van der Waals surface area contributed by atoms with Crippen LogP contribution < -0.4 is 10.1 Å². The lowest BCUT2D eigenvalue weighted by Crippen LogP contribution is -2.40. The summed E-state index contributed by atoms with van der Waals surface area (Å²) in [6.45, 7) is 10.7. The number of nitrogens with zero attached hydrogens (tertiary/aromatic N) is 2. The van der Waals surface area contributed by atoms with Gasteiger partial charge in [-0.15, -0.1) is 0 Å². The Morgan fingerprint density at radius 2 is 1.91 bits per heavy atom. The Labute approximate surface area is 202 Å². The summed E-state index contributed by atoms with van der Waals surface area (Å²) in [6.07, 6.45) is 1.03. The highest BCUT2D eigenvalue weighted by molar-refractivity contribution is 7.80. The largest absolute Gasteiger partial charge is 0.497 e. The second kappa shape index (κ2) is 12.4. The molecule has 0 aromatic heterocycles. The van der Waals surface area contributed by atoms with E-state index in [0.29, 0.717) is 16.1 Å². The molecule has 0 spiro atoms. The molecule has 1 aliphatic rings. The molecular weight excluding hydrogens is 442 g/mol. The third kappa shape index (κ3) is 7.34. The number of hydrogen-bond donors (Lipinski definition) is 1. The van der Waals surface area contributed by atoms with Crippen LogP contribution in [0.25, 0.3) is 0 Å². The minimum absolute atomic E-state index is 0.522. The molecule has 7 heteroatoms. The van der Waals surface area contributed by atoms with Gasteiger partial charge in [-0.05, 0) is 47.8 Å². The van der Waals surface area contributed by atoms with Crippen LogP contribution in [0.4, 0.5) is 5.69 Å². The molecule has 0 unspecified atom stereocenters. The van der Waals surface area contributed by atoms with Gasteiger partial charge in [-0.2, -0.15) is 0 Å². The fourth-order valence-corrected chi connectivity index (χ4v) is 4.19. The normalized spacial score (nSPS) is 14.4. The number of ether oxygens (including phenoxy) is 2. The van der Waals surface area contributed by atoms with Gasteiger partial charge < -0.3 is 19.7 Å². The van der Waals surface area contributed by atoms with Gasteiger partial charge in [-0.25, -0.2) is 0 Å². The van der Waals surface area contributed by atoms with E-state index in [1.54, 1.807) is 13.2 Å². The van der Waals surface area contributed by atoms with Crippen molar-refractivity contribution in [3.05, 3.63) is 58.6 Å². The monoisotopic (exact) mass is 475 g/mol. The Bertz CT molecular complexity index is 870. The van der Waals surface area contributed by atoms with Crippen LogP contribution in [0.15, 0.2) is 42.5 Å². The summed E-state index contributed by atoms with van der Waals surface area (Å²) < 4.78 is 10.7. The number of morpholine rings is 1. The fraction of sp³-hybridized carbons (Fsp3) is 0.480. The minimum Gasteiger partial charge on any atom is -0.497 e. The van der Waals surface area contributed by atoms with Crippen molar-refractivity contribution in [2.45, 2.75) is 32.7 Å². The Morgan fingerprint density at radius 3 is 2.53 bits per heavy atom. The number of hydrogen-bond acceptors (Lipinski definition) is 4. The Kier molecular flexibility index (Phi) is 9.60. The van der Waals surface area contributed by atoms with Crippen LogP contribution in [0.2, 0.25) is 5.02 Å². The molecule has 1 heterocycles. The molecule has 0 radical (unpaired) electrons. The van der Waals surface area contributed by atoms with Crippen LogP contribution >= 0.6 is 23.8 Å². The second-order valence-corrected chi connectivity index (χ2v) is 9.20. The molecule has 5 nitrogen and oxygen atoms in total. The first kappa shape index (κ1) is 24.8. The van der Waals surface area contributed by atoms with Gasteiger partial charge in [0.05, 0.1) is 31.0 Å². The van der Waals surface area contributed by atoms with E-state index in [-0.39, 0.29) is 0 Å². The standard InChI is InChI=1S/C25H34ClN3O2S/c1-19(2)21-7-5-20(6-8-21)18-29(12-4-11-28-13-15-31-16-14-28)25(32)27-24-10-9-22(30-3)17-23(24)26/h5-10,17,19H,4,11-16,18H2,1-3H3,(H,27,32). The van der Waals surface area contributed by atoms with Gasteiger partial charge in [-0.1, -0.05) is 49.7 Å². The molecule has 1 aliphatic heterocycles. The lowest BCUT2D eigenvalue weighted by atomic mass is 10.0. The van der Waals surface area contributed by atoms with Gasteiger partial charge in [-0.3, -0.25) is 4.90 Å². The molecule has 1 fully saturated rings. The molecule has 0 amide bonds. The maximum Gasteiger partial charge on any atom is 0.173 e.